The summed E-state index contributed by atoms with van der Waals surface area (Å²) in [6.07, 6.45) is 3.05. The van der Waals surface area contributed by atoms with Gasteiger partial charge in [0.1, 0.15) is 6.29 Å². The first kappa shape index (κ1) is 9.63. The van der Waals surface area contributed by atoms with Gasteiger partial charge in [0.05, 0.1) is 4.83 Å². The number of alkyl halides is 2. The second kappa shape index (κ2) is 5.42. The summed E-state index contributed by atoms with van der Waals surface area (Å²) >= 11 is 6.61. The van der Waals surface area contributed by atoms with Crippen LogP contribution in [0.2, 0.25) is 0 Å². The Hall–Kier alpha value is 0.630. The van der Waals surface area contributed by atoms with Crippen molar-refractivity contribution >= 4 is 38.1 Å². The minimum Gasteiger partial charge on any atom is -0.302 e. The number of carbonyl (C=O) groups is 1. The molecular weight excluding hydrogens is 248 g/mol. The average molecular weight is 258 g/mol. The van der Waals surface area contributed by atoms with Gasteiger partial charge >= 0.3 is 0 Å². The minimum atomic E-state index is -0.0301. The topological polar surface area (TPSA) is 17.1 Å². The highest BCUT2D eigenvalue weighted by molar-refractivity contribution is 9.12. The van der Waals surface area contributed by atoms with Crippen molar-refractivity contribution in [1.29, 1.82) is 0 Å². The second-order valence-corrected chi connectivity index (χ2v) is 4.12. The molecule has 2 atom stereocenters. The fourth-order valence-corrected chi connectivity index (χ4v) is 1.37. The van der Waals surface area contributed by atoms with Crippen LogP contribution in [0.25, 0.3) is 0 Å². The molecule has 0 unspecified atom stereocenters. The van der Waals surface area contributed by atoms with Crippen molar-refractivity contribution in [2.75, 3.05) is 0 Å². The predicted molar refractivity (Wildman–Crippen MR) is 46.4 cm³/mol. The van der Waals surface area contributed by atoms with Gasteiger partial charge in [-0.3, -0.25) is 0 Å². The summed E-state index contributed by atoms with van der Waals surface area (Å²) in [6, 6.07) is 0. The molecule has 0 aromatic heterocycles. The molecule has 0 aromatic rings. The summed E-state index contributed by atoms with van der Waals surface area (Å²) in [5, 5.41) is 0. The minimum absolute atomic E-state index is 0.0301. The molecule has 0 radical (unpaired) electrons. The van der Waals surface area contributed by atoms with E-state index < -0.39 is 0 Å². The standard InChI is InChI=1S/C6H10Br2O/c1-2-3-5(7)6(8)4-9/h4-6H,2-3H2,1H3/t5-,6+/m1/s1. The van der Waals surface area contributed by atoms with Gasteiger partial charge in [-0.15, -0.1) is 0 Å². The average Bonchev–Trinajstić information content (AvgIpc) is 1.87. The monoisotopic (exact) mass is 256 g/mol. The fraction of sp³-hybridized carbons (Fsp3) is 0.833. The summed E-state index contributed by atoms with van der Waals surface area (Å²) in [5.74, 6) is 0. The molecule has 0 aliphatic carbocycles. The number of hydrogen-bond donors (Lipinski definition) is 0. The normalized spacial score (nSPS) is 16.8. The van der Waals surface area contributed by atoms with Gasteiger partial charge in [-0.05, 0) is 6.42 Å². The third-order valence-electron chi connectivity index (χ3n) is 1.04. The molecule has 0 spiro atoms. The number of hydrogen-bond acceptors (Lipinski definition) is 1. The molecule has 1 nitrogen and oxygen atoms in total. The Morgan fingerprint density at radius 2 is 2.11 bits per heavy atom. The fourth-order valence-electron chi connectivity index (χ4n) is 0.520. The lowest BCUT2D eigenvalue weighted by molar-refractivity contribution is -0.107. The molecule has 0 bridgehead atoms. The third-order valence-corrected chi connectivity index (χ3v) is 3.63. The van der Waals surface area contributed by atoms with Crippen molar-refractivity contribution in [1.82, 2.24) is 0 Å². The maximum absolute atomic E-state index is 10.1. The maximum Gasteiger partial charge on any atom is 0.134 e. The van der Waals surface area contributed by atoms with Gasteiger partial charge in [0.15, 0.2) is 0 Å². The van der Waals surface area contributed by atoms with Crippen LogP contribution in [-0.2, 0) is 4.79 Å². The van der Waals surface area contributed by atoms with E-state index in [9.17, 15) is 4.79 Å². The molecule has 54 valence electrons. The van der Waals surface area contributed by atoms with E-state index in [4.69, 9.17) is 0 Å². The summed E-state index contributed by atoms with van der Waals surface area (Å²) in [6.45, 7) is 2.10. The second-order valence-electron chi connectivity index (χ2n) is 1.89. The van der Waals surface area contributed by atoms with Crippen LogP contribution in [0, 0.1) is 0 Å². The van der Waals surface area contributed by atoms with E-state index in [1.165, 1.54) is 0 Å². The van der Waals surface area contributed by atoms with E-state index >= 15 is 0 Å². The van der Waals surface area contributed by atoms with Crippen LogP contribution in [0.15, 0.2) is 0 Å². The number of rotatable bonds is 4. The SMILES string of the molecule is CCC[C@@H](Br)[C@@H](Br)C=O. The molecule has 0 aromatic carbocycles. The molecule has 0 N–H and O–H groups in total. The van der Waals surface area contributed by atoms with Crippen LogP contribution in [-0.4, -0.2) is 15.9 Å². The van der Waals surface area contributed by atoms with Crippen LogP contribution in [0.4, 0.5) is 0 Å². The van der Waals surface area contributed by atoms with E-state index in [2.05, 4.69) is 38.8 Å². The maximum atomic E-state index is 10.1. The highest BCUT2D eigenvalue weighted by atomic mass is 79.9. The zero-order chi connectivity index (χ0) is 7.28. The first-order valence-corrected chi connectivity index (χ1v) is 4.79. The molecule has 0 aliphatic rings. The molecule has 0 fully saturated rings. The lowest BCUT2D eigenvalue weighted by atomic mass is 10.2. The van der Waals surface area contributed by atoms with Crippen LogP contribution >= 0.6 is 31.9 Å². The van der Waals surface area contributed by atoms with Crippen molar-refractivity contribution in [2.24, 2.45) is 0 Å². The molecule has 0 amide bonds. The predicted octanol–water partition coefficient (Wildman–Crippen LogP) is 2.51. The molecule has 0 saturated heterocycles. The zero-order valence-corrected chi connectivity index (χ0v) is 8.48. The zero-order valence-electron chi connectivity index (χ0n) is 5.31. The Bertz CT molecular complexity index is 85.1. The van der Waals surface area contributed by atoms with E-state index in [0.29, 0.717) is 4.83 Å². The lowest BCUT2D eigenvalue weighted by Gasteiger charge is -2.07. The van der Waals surface area contributed by atoms with Gasteiger partial charge < -0.3 is 4.79 Å². The molecule has 9 heavy (non-hydrogen) atoms. The molecule has 0 heterocycles. The van der Waals surface area contributed by atoms with Crippen molar-refractivity contribution in [3.05, 3.63) is 0 Å². The van der Waals surface area contributed by atoms with E-state index in [1.807, 2.05) is 0 Å². The summed E-state index contributed by atoms with van der Waals surface area (Å²) in [5.41, 5.74) is 0. The molecule has 0 saturated carbocycles. The number of aldehydes is 1. The molecule has 3 heteroatoms. The van der Waals surface area contributed by atoms with E-state index in [0.717, 1.165) is 19.1 Å². The van der Waals surface area contributed by atoms with Gasteiger partial charge in [0.25, 0.3) is 0 Å². The number of carbonyl (C=O) groups excluding carboxylic acids is 1. The number of halogens is 2. The highest BCUT2D eigenvalue weighted by Gasteiger charge is 2.12. The lowest BCUT2D eigenvalue weighted by Crippen LogP contribution is -2.14. The van der Waals surface area contributed by atoms with Crippen molar-refractivity contribution < 1.29 is 4.79 Å². The molecule has 0 rings (SSSR count). The van der Waals surface area contributed by atoms with Crippen molar-refractivity contribution in [3.8, 4) is 0 Å². The largest absolute Gasteiger partial charge is 0.302 e. The van der Waals surface area contributed by atoms with Gasteiger partial charge in [-0.2, -0.15) is 0 Å². The van der Waals surface area contributed by atoms with Crippen LogP contribution in [0.3, 0.4) is 0 Å². The van der Waals surface area contributed by atoms with Gasteiger partial charge in [0, 0.05) is 4.83 Å². The Morgan fingerprint density at radius 3 is 2.44 bits per heavy atom. The Morgan fingerprint density at radius 1 is 1.56 bits per heavy atom. The highest BCUT2D eigenvalue weighted by Crippen LogP contribution is 2.16. The quantitative estimate of drug-likeness (QED) is 0.559. The van der Waals surface area contributed by atoms with Gasteiger partial charge in [-0.1, -0.05) is 45.2 Å². The molecule has 0 aliphatic heterocycles. The van der Waals surface area contributed by atoms with Crippen LogP contribution < -0.4 is 0 Å². The summed E-state index contributed by atoms with van der Waals surface area (Å²) < 4.78 is 0. The van der Waals surface area contributed by atoms with E-state index in [-0.39, 0.29) is 4.83 Å². The first-order valence-electron chi connectivity index (χ1n) is 2.95. The van der Waals surface area contributed by atoms with Gasteiger partial charge in [0.2, 0.25) is 0 Å². The summed E-state index contributed by atoms with van der Waals surface area (Å²) in [7, 11) is 0. The third kappa shape index (κ3) is 4.09. The summed E-state index contributed by atoms with van der Waals surface area (Å²) in [4.78, 5) is 10.4. The van der Waals surface area contributed by atoms with Crippen molar-refractivity contribution in [3.63, 3.8) is 0 Å². The van der Waals surface area contributed by atoms with Crippen LogP contribution in [0.5, 0.6) is 0 Å². The first-order chi connectivity index (χ1) is 4.22. The van der Waals surface area contributed by atoms with E-state index in [1.54, 1.807) is 0 Å². The van der Waals surface area contributed by atoms with Gasteiger partial charge in [-0.25, -0.2) is 0 Å². The molecular formula is C6H10Br2O. The smallest absolute Gasteiger partial charge is 0.134 e. The van der Waals surface area contributed by atoms with Crippen molar-refractivity contribution in [2.45, 2.75) is 29.4 Å². The van der Waals surface area contributed by atoms with Crippen LogP contribution in [0.1, 0.15) is 19.8 Å². The Kier molecular flexibility index (Phi) is 5.80. The Labute approximate surface area is 72.5 Å². The Balaban J connectivity index is 3.44.